The van der Waals surface area contributed by atoms with Crippen molar-refractivity contribution in [2.45, 2.75) is 123 Å². The van der Waals surface area contributed by atoms with E-state index in [0.717, 1.165) is 26.1 Å². The van der Waals surface area contributed by atoms with Gasteiger partial charge in [0.15, 0.2) is 0 Å². The van der Waals surface area contributed by atoms with Crippen LogP contribution < -0.4 is 0 Å². The van der Waals surface area contributed by atoms with Crippen LogP contribution >= 0.6 is 0 Å². The van der Waals surface area contributed by atoms with Gasteiger partial charge in [-0.05, 0) is 0 Å². The molecule has 5 heteroatoms. The van der Waals surface area contributed by atoms with Crippen LogP contribution in [-0.4, -0.2) is 51.6 Å². The third-order valence-corrected chi connectivity index (χ3v) is 38.4. The molecule has 0 rings (SSSR count). The summed E-state index contributed by atoms with van der Waals surface area (Å²) in [6, 6.07) is 0. The molecule has 164 valence electrons. The molecule has 0 radical (unpaired) electrons. The number of hydrogen-bond acceptors (Lipinski definition) is 3. The molecule has 0 atom stereocenters. The average molecular weight is 600 g/mol. The van der Waals surface area contributed by atoms with Crippen molar-refractivity contribution in [2.24, 2.45) is 0 Å². The van der Waals surface area contributed by atoms with Crippen LogP contribution in [0.2, 0.25) is 17.7 Å². The molecule has 0 unspecified atom stereocenters. The second-order valence-electron chi connectivity index (χ2n) is 8.03. The summed E-state index contributed by atoms with van der Waals surface area (Å²) in [6.45, 7) is 15.4. The van der Waals surface area contributed by atoms with Crippen molar-refractivity contribution in [3.63, 3.8) is 0 Å². The zero-order valence-corrected chi connectivity index (χ0v) is 25.2. The Kier molecular flexibility index (Phi) is 19.3. The molecule has 0 aromatic carbocycles. The normalized spacial score (nSPS) is 12.7. The summed E-state index contributed by atoms with van der Waals surface area (Å²) < 4.78 is 25.8. The quantitative estimate of drug-likeness (QED) is 0.133. The van der Waals surface area contributed by atoms with Crippen molar-refractivity contribution in [1.29, 1.82) is 0 Å². The Morgan fingerprint density at radius 3 is 0.963 bits per heavy atom. The SMILES string of the molecule is CCC[CH2][Sn]([CH2]CCC)([O]CCC)[O][Sn]([CH2]CCC)([CH2]CCC)[O]CCC. The van der Waals surface area contributed by atoms with Gasteiger partial charge in [-0.1, -0.05) is 0 Å². The van der Waals surface area contributed by atoms with Crippen molar-refractivity contribution < 1.29 is 7.56 Å². The summed E-state index contributed by atoms with van der Waals surface area (Å²) >= 11 is -6.17. The Morgan fingerprint density at radius 2 is 0.741 bits per heavy atom. The van der Waals surface area contributed by atoms with E-state index < -0.39 is 38.4 Å². The van der Waals surface area contributed by atoms with Crippen molar-refractivity contribution in [2.75, 3.05) is 13.2 Å². The molecule has 0 aromatic heterocycles. The van der Waals surface area contributed by atoms with Gasteiger partial charge in [0.2, 0.25) is 0 Å². The van der Waals surface area contributed by atoms with E-state index in [1.165, 1.54) is 69.1 Å². The summed E-state index contributed by atoms with van der Waals surface area (Å²) in [5.41, 5.74) is 0. The number of unbranched alkanes of at least 4 members (excludes halogenated alkanes) is 4. The van der Waals surface area contributed by atoms with E-state index in [-0.39, 0.29) is 0 Å². The fourth-order valence-corrected chi connectivity index (χ4v) is 46.5. The van der Waals surface area contributed by atoms with Gasteiger partial charge in [-0.2, -0.15) is 0 Å². The minimum atomic E-state index is -3.09. The van der Waals surface area contributed by atoms with Crippen LogP contribution in [-0.2, 0) is 7.56 Å². The van der Waals surface area contributed by atoms with Crippen molar-refractivity contribution in [3.05, 3.63) is 0 Å². The van der Waals surface area contributed by atoms with Crippen LogP contribution in [0, 0.1) is 0 Å². The Bertz CT molecular complexity index is 253. The third kappa shape index (κ3) is 12.7. The first-order valence-corrected chi connectivity index (χ1v) is 24.8. The monoisotopic (exact) mass is 602 g/mol. The standard InChI is InChI=1S/4C4H9.2C3H7O.O.2Sn/c4*1-3-4-2;2*1-2-3-4;;;/h4*1,3-4H2,2H3;2*2-3H2,1H3;;;/q;;;;2*-1;;2*+1. The predicted octanol–water partition coefficient (Wildman–Crippen LogP) is 7.94. The Labute approximate surface area is 181 Å². The molecule has 27 heavy (non-hydrogen) atoms. The van der Waals surface area contributed by atoms with Gasteiger partial charge >= 0.3 is 183 Å². The maximum absolute atomic E-state index is 7.41. The zero-order valence-electron chi connectivity index (χ0n) is 19.5. The van der Waals surface area contributed by atoms with E-state index in [4.69, 9.17) is 7.56 Å². The topological polar surface area (TPSA) is 27.7 Å². The first-order valence-electron chi connectivity index (χ1n) is 12.1. The molecule has 0 spiro atoms. The average Bonchev–Trinajstić information content (AvgIpc) is 2.70. The Hall–Kier alpha value is 1.48. The first kappa shape index (κ1) is 28.5. The summed E-state index contributed by atoms with van der Waals surface area (Å²) in [5.74, 6) is 0. The Morgan fingerprint density at radius 1 is 0.444 bits per heavy atom. The van der Waals surface area contributed by atoms with Crippen LogP contribution in [0.5, 0.6) is 0 Å². The molecule has 0 aliphatic heterocycles. The molecule has 0 amide bonds. The van der Waals surface area contributed by atoms with Gasteiger partial charge in [0.25, 0.3) is 0 Å². The van der Waals surface area contributed by atoms with Crippen LogP contribution in [0.3, 0.4) is 0 Å². The molecule has 0 fully saturated rings. The fraction of sp³-hybridized carbons (Fsp3) is 1.00. The van der Waals surface area contributed by atoms with E-state index in [0.29, 0.717) is 0 Å². The molecule has 0 N–H and O–H groups in total. The molecular formula is C22H50O3Sn2. The van der Waals surface area contributed by atoms with Gasteiger partial charge in [-0.25, -0.2) is 0 Å². The predicted molar refractivity (Wildman–Crippen MR) is 124 cm³/mol. The molecule has 0 aliphatic carbocycles. The van der Waals surface area contributed by atoms with E-state index in [1.54, 1.807) is 0 Å². The third-order valence-electron chi connectivity index (χ3n) is 5.16. The van der Waals surface area contributed by atoms with E-state index in [2.05, 4.69) is 41.5 Å². The van der Waals surface area contributed by atoms with Gasteiger partial charge in [-0.3, -0.25) is 0 Å². The van der Waals surface area contributed by atoms with E-state index in [1.807, 2.05) is 0 Å². The second-order valence-corrected chi connectivity index (χ2v) is 30.3. The second kappa shape index (κ2) is 18.3. The molecular weight excluding hydrogens is 550 g/mol. The number of hydrogen-bond donors (Lipinski definition) is 0. The molecule has 0 heterocycles. The summed E-state index contributed by atoms with van der Waals surface area (Å²) in [7, 11) is 0. The van der Waals surface area contributed by atoms with Crippen molar-refractivity contribution in [3.8, 4) is 0 Å². The molecule has 0 aromatic rings. The van der Waals surface area contributed by atoms with Crippen LogP contribution in [0.15, 0.2) is 0 Å². The molecule has 0 aliphatic rings. The van der Waals surface area contributed by atoms with Gasteiger partial charge in [0.1, 0.15) is 0 Å². The van der Waals surface area contributed by atoms with Gasteiger partial charge in [0, 0.05) is 0 Å². The van der Waals surface area contributed by atoms with Gasteiger partial charge in [-0.15, -0.1) is 0 Å². The van der Waals surface area contributed by atoms with Gasteiger partial charge < -0.3 is 0 Å². The van der Waals surface area contributed by atoms with Gasteiger partial charge in [0.05, 0.1) is 0 Å². The summed E-state index contributed by atoms with van der Waals surface area (Å²) in [6.07, 6.45) is 12.2. The Balaban J connectivity index is 5.66. The molecule has 3 nitrogen and oxygen atoms in total. The first-order chi connectivity index (χ1) is 13.1. The van der Waals surface area contributed by atoms with Crippen LogP contribution in [0.4, 0.5) is 0 Å². The summed E-state index contributed by atoms with van der Waals surface area (Å²) in [5, 5.41) is 0. The van der Waals surface area contributed by atoms with E-state index >= 15 is 0 Å². The minimum absolute atomic E-state index is 0.890. The van der Waals surface area contributed by atoms with Crippen molar-refractivity contribution >= 4 is 38.4 Å². The summed E-state index contributed by atoms with van der Waals surface area (Å²) in [4.78, 5) is 0. The maximum atomic E-state index is 7.41. The molecule has 0 bridgehead atoms. The molecule has 0 saturated heterocycles. The fourth-order valence-electron chi connectivity index (χ4n) is 3.50. The van der Waals surface area contributed by atoms with Crippen LogP contribution in [0.25, 0.3) is 0 Å². The van der Waals surface area contributed by atoms with Crippen LogP contribution in [0.1, 0.15) is 106 Å². The van der Waals surface area contributed by atoms with Crippen molar-refractivity contribution in [1.82, 2.24) is 0 Å². The van der Waals surface area contributed by atoms with E-state index in [9.17, 15) is 0 Å². The zero-order chi connectivity index (χ0) is 20.4. The number of rotatable bonds is 20. The molecule has 0 saturated carbocycles.